The molecule has 4 saturated heterocycles. The number of aliphatic carboxylic acids is 1. The Kier molecular flexibility index (Phi) is 9.09. The van der Waals surface area contributed by atoms with Crippen molar-refractivity contribution < 1.29 is 34.1 Å². The van der Waals surface area contributed by atoms with Crippen molar-refractivity contribution >= 4 is 33.7 Å². The molecule has 0 saturated carbocycles. The van der Waals surface area contributed by atoms with Gasteiger partial charge in [-0.1, -0.05) is 34.8 Å². The summed E-state index contributed by atoms with van der Waals surface area (Å²) in [5.41, 5.74) is -1.15. The fourth-order valence-corrected chi connectivity index (χ4v) is 7.33. The van der Waals surface area contributed by atoms with Crippen molar-refractivity contribution in [3.63, 3.8) is 0 Å². The Hall–Kier alpha value is -1.53. The number of carboxylic acid groups (broad SMARTS) is 1. The van der Waals surface area contributed by atoms with E-state index in [0.717, 1.165) is 25.9 Å². The first-order valence-electron chi connectivity index (χ1n) is 13.0. The predicted octanol–water partition coefficient (Wildman–Crippen LogP) is 0.719. The number of aliphatic hydroxyl groups excluding tert-OH is 1. The summed E-state index contributed by atoms with van der Waals surface area (Å²) in [6.45, 7) is 8.75. The van der Waals surface area contributed by atoms with Crippen molar-refractivity contribution in [2.24, 2.45) is 11.8 Å². The summed E-state index contributed by atoms with van der Waals surface area (Å²) in [5, 5.41) is 19.1. The minimum absolute atomic E-state index is 0.122. The number of hydrogen-bond donors (Lipinski definition) is 2. The van der Waals surface area contributed by atoms with E-state index in [1.807, 2.05) is 0 Å². The highest BCUT2D eigenvalue weighted by molar-refractivity contribution is 9.09. The molecule has 4 aliphatic heterocycles. The first kappa shape index (κ1) is 27.5. The van der Waals surface area contributed by atoms with Crippen LogP contribution in [0.4, 0.5) is 0 Å². The molecule has 1 spiro atoms. The van der Waals surface area contributed by atoms with Gasteiger partial charge >= 0.3 is 5.97 Å². The first-order valence-corrected chi connectivity index (χ1v) is 13.9. The molecule has 2 amide bonds. The van der Waals surface area contributed by atoms with Crippen LogP contribution >= 0.6 is 15.9 Å². The van der Waals surface area contributed by atoms with Crippen molar-refractivity contribution in [1.82, 2.24) is 14.7 Å². The normalized spacial score (nSPS) is 33.7. The van der Waals surface area contributed by atoms with E-state index >= 15 is 0 Å². The molecule has 0 aromatic heterocycles. The smallest absolute Gasteiger partial charge is 0.310 e. The molecular weight excluding hydrogens is 534 g/mol. The highest BCUT2D eigenvalue weighted by atomic mass is 79.9. The van der Waals surface area contributed by atoms with Crippen LogP contribution in [0.5, 0.6) is 0 Å². The van der Waals surface area contributed by atoms with Crippen LogP contribution in [0.25, 0.3) is 0 Å². The SMILES string of the molecule is C=CCN(CCN1CCOCC1)C(=O)[C@H]1N(CCCCCCO)C(=O)[C@@H]2[C@@H](C(=O)O)[C@@H]3O[C@@]21CC3Br. The van der Waals surface area contributed by atoms with Crippen molar-refractivity contribution in [2.45, 2.75) is 54.7 Å². The van der Waals surface area contributed by atoms with Gasteiger partial charge < -0.3 is 29.5 Å². The quantitative estimate of drug-likeness (QED) is 0.188. The molecule has 1 unspecified atom stereocenters. The van der Waals surface area contributed by atoms with Crippen LogP contribution in [0.15, 0.2) is 12.7 Å². The zero-order chi connectivity index (χ0) is 25.9. The maximum atomic E-state index is 14.2. The zero-order valence-corrected chi connectivity index (χ0v) is 22.3. The molecule has 4 rings (SSSR count). The largest absolute Gasteiger partial charge is 0.481 e. The Balaban J connectivity index is 1.59. The summed E-state index contributed by atoms with van der Waals surface area (Å²) in [6, 6.07) is -0.869. The van der Waals surface area contributed by atoms with Crippen molar-refractivity contribution in [1.29, 1.82) is 0 Å². The Labute approximate surface area is 220 Å². The van der Waals surface area contributed by atoms with Crippen molar-refractivity contribution in [3.05, 3.63) is 12.7 Å². The van der Waals surface area contributed by atoms with E-state index in [2.05, 4.69) is 27.4 Å². The number of ether oxygens (including phenoxy) is 2. The molecule has 11 heteroatoms. The maximum absolute atomic E-state index is 14.2. The Morgan fingerprint density at radius 1 is 1.19 bits per heavy atom. The van der Waals surface area contributed by atoms with Crippen molar-refractivity contribution in [2.75, 3.05) is 59.1 Å². The number of halogens is 1. The van der Waals surface area contributed by atoms with E-state index in [1.165, 1.54) is 0 Å². The molecule has 2 N–H and O–H groups in total. The lowest BCUT2D eigenvalue weighted by molar-refractivity contribution is -0.150. The standard InChI is InChI=1S/C25H38BrN3O7/c1-2-7-28(10-9-27-11-14-35-15-12-27)23(32)21-25-16-17(26)20(36-25)18(24(33)34)19(25)22(31)29(21)8-5-3-4-6-13-30/h2,17-21,30H,1,3-16H2,(H,33,34)/t17?,18-,19+,20-,21-,25+/m1/s1. The van der Waals surface area contributed by atoms with Crippen molar-refractivity contribution in [3.8, 4) is 0 Å². The number of alkyl halides is 1. The second kappa shape index (κ2) is 11.9. The summed E-state index contributed by atoms with van der Waals surface area (Å²) in [7, 11) is 0. The molecule has 2 bridgehead atoms. The number of nitrogens with zero attached hydrogens (tertiary/aromatic N) is 3. The van der Waals surface area contributed by atoms with Gasteiger partial charge in [0.1, 0.15) is 11.6 Å². The number of carbonyl (C=O) groups is 3. The number of amides is 2. The fraction of sp³-hybridized carbons (Fsp3) is 0.800. The minimum Gasteiger partial charge on any atom is -0.481 e. The molecule has 0 aromatic carbocycles. The third kappa shape index (κ3) is 5.09. The lowest BCUT2D eigenvalue weighted by Crippen LogP contribution is -2.57. The molecule has 36 heavy (non-hydrogen) atoms. The number of likely N-dealkylation sites (tertiary alicyclic amines) is 1. The van der Waals surface area contributed by atoms with E-state index in [9.17, 15) is 19.5 Å². The molecular formula is C25H38BrN3O7. The van der Waals surface area contributed by atoms with Gasteiger partial charge in [-0.3, -0.25) is 19.3 Å². The molecule has 4 heterocycles. The van der Waals surface area contributed by atoms with Crippen LogP contribution in [0.3, 0.4) is 0 Å². The van der Waals surface area contributed by atoms with E-state index in [1.54, 1.807) is 15.9 Å². The lowest BCUT2D eigenvalue weighted by atomic mass is 9.70. The van der Waals surface area contributed by atoms with Crippen LogP contribution in [-0.4, -0.2) is 124 Å². The molecule has 6 atom stereocenters. The van der Waals surface area contributed by atoms with Gasteiger partial charge in [0.2, 0.25) is 11.8 Å². The van der Waals surface area contributed by atoms with E-state index in [4.69, 9.17) is 14.6 Å². The monoisotopic (exact) mass is 571 g/mol. The molecule has 0 radical (unpaired) electrons. The third-order valence-electron chi connectivity index (χ3n) is 8.07. The lowest BCUT2D eigenvalue weighted by Gasteiger charge is -2.38. The third-order valence-corrected chi connectivity index (χ3v) is 8.91. The van der Waals surface area contributed by atoms with Crippen LogP contribution < -0.4 is 0 Å². The number of aliphatic hydroxyl groups is 1. The number of carbonyl (C=O) groups excluding carboxylic acids is 2. The number of unbranched alkanes of at least 4 members (excludes halogenated alkanes) is 3. The Bertz CT molecular complexity index is 838. The number of morpholine rings is 1. The minimum atomic E-state index is -1.15. The van der Waals surface area contributed by atoms with Gasteiger partial charge in [0.05, 0.1) is 31.2 Å². The fourth-order valence-electron chi connectivity index (χ4n) is 6.39. The molecule has 202 valence electrons. The predicted molar refractivity (Wildman–Crippen MR) is 135 cm³/mol. The van der Waals surface area contributed by atoms with Gasteiger partial charge in [-0.15, -0.1) is 6.58 Å². The zero-order valence-electron chi connectivity index (χ0n) is 20.7. The summed E-state index contributed by atoms with van der Waals surface area (Å²) >= 11 is 3.58. The van der Waals surface area contributed by atoms with E-state index in [0.29, 0.717) is 58.7 Å². The van der Waals surface area contributed by atoms with Gasteiger partial charge in [0.15, 0.2) is 0 Å². The van der Waals surface area contributed by atoms with Gasteiger partial charge in [-0.25, -0.2) is 0 Å². The summed E-state index contributed by atoms with van der Waals surface area (Å²) < 4.78 is 11.8. The number of carboxylic acids is 1. The number of rotatable bonds is 13. The number of fused-ring (bicyclic) bond motifs is 1. The first-order chi connectivity index (χ1) is 17.4. The highest BCUT2D eigenvalue weighted by Crippen LogP contribution is 2.60. The van der Waals surface area contributed by atoms with E-state index in [-0.39, 0.29) is 23.2 Å². The average molecular weight is 572 g/mol. The van der Waals surface area contributed by atoms with Crippen LogP contribution in [0, 0.1) is 11.8 Å². The van der Waals surface area contributed by atoms with Gasteiger partial charge in [0.25, 0.3) is 0 Å². The molecule has 4 fully saturated rings. The topological polar surface area (TPSA) is 120 Å². The highest BCUT2D eigenvalue weighted by Gasteiger charge is 2.76. The van der Waals surface area contributed by atoms with Gasteiger partial charge in [-0.05, 0) is 19.3 Å². The molecule has 10 nitrogen and oxygen atoms in total. The molecule has 0 aromatic rings. The summed E-state index contributed by atoms with van der Waals surface area (Å²) in [6.07, 6.45) is 4.46. The summed E-state index contributed by atoms with van der Waals surface area (Å²) in [5.74, 6) is -3.41. The average Bonchev–Trinajstić information content (AvgIpc) is 3.45. The van der Waals surface area contributed by atoms with Gasteiger partial charge in [0, 0.05) is 50.7 Å². The van der Waals surface area contributed by atoms with Crippen LogP contribution in [-0.2, 0) is 23.9 Å². The van der Waals surface area contributed by atoms with Gasteiger partial charge in [-0.2, -0.15) is 0 Å². The van der Waals surface area contributed by atoms with Crippen LogP contribution in [0.2, 0.25) is 0 Å². The molecule has 4 aliphatic rings. The Morgan fingerprint density at radius 3 is 2.58 bits per heavy atom. The molecule has 0 aliphatic carbocycles. The second-order valence-corrected chi connectivity index (χ2v) is 11.4. The Morgan fingerprint density at radius 2 is 1.92 bits per heavy atom. The maximum Gasteiger partial charge on any atom is 0.310 e. The second-order valence-electron chi connectivity index (χ2n) is 10.2. The summed E-state index contributed by atoms with van der Waals surface area (Å²) in [4.78, 5) is 45.5. The number of hydrogen-bond acceptors (Lipinski definition) is 7. The van der Waals surface area contributed by atoms with E-state index < -0.39 is 35.6 Å². The van der Waals surface area contributed by atoms with Crippen LogP contribution in [0.1, 0.15) is 32.1 Å².